The third-order valence-corrected chi connectivity index (χ3v) is 7.76. The fourth-order valence-corrected chi connectivity index (χ4v) is 5.99. The molecule has 1 N–H and O–H groups in total. The van der Waals surface area contributed by atoms with Gasteiger partial charge in [-0.3, -0.25) is 14.6 Å². The number of aryl methyl sites for hydroxylation is 1. The smallest absolute Gasteiger partial charge is 0.341 e. The molecule has 0 spiro atoms. The summed E-state index contributed by atoms with van der Waals surface area (Å²) >= 11 is 7.53. The highest BCUT2D eigenvalue weighted by Crippen LogP contribution is 2.38. The molecule has 2 aliphatic rings. The molecular formula is C25H32ClN3O3S. The molecule has 1 aliphatic carbocycles. The van der Waals surface area contributed by atoms with E-state index in [-0.39, 0.29) is 11.9 Å². The van der Waals surface area contributed by atoms with Crippen LogP contribution in [0.2, 0.25) is 5.02 Å². The molecule has 4 rings (SSSR count). The lowest BCUT2D eigenvalue weighted by atomic mass is 10.1. The number of esters is 1. The molecule has 2 heterocycles. The second-order valence-corrected chi connectivity index (χ2v) is 10.3. The molecule has 1 amide bonds. The molecule has 6 nitrogen and oxygen atoms in total. The predicted molar refractivity (Wildman–Crippen MR) is 133 cm³/mol. The maximum absolute atomic E-state index is 12.9. The van der Waals surface area contributed by atoms with Crippen LogP contribution in [0.15, 0.2) is 24.3 Å². The van der Waals surface area contributed by atoms with E-state index in [1.807, 2.05) is 19.1 Å². The number of thiophene rings is 1. The maximum atomic E-state index is 12.9. The van der Waals surface area contributed by atoms with Gasteiger partial charge in [0.15, 0.2) is 0 Å². The largest absolute Gasteiger partial charge is 0.462 e. The third kappa shape index (κ3) is 6.35. The number of anilines is 1. The van der Waals surface area contributed by atoms with Gasteiger partial charge < -0.3 is 10.1 Å². The zero-order valence-corrected chi connectivity index (χ0v) is 20.8. The van der Waals surface area contributed by atoms with Gasteiger partial charge in [0.25, 0.3) is 0 Å². The second kappa shape index (κ2) is 11.5. The van der Waals surface area contributed by atoms with E-state index in [4.69, 9.17) is 16.3 Å². The van der Waals surface area contributed by atoms with Crippen molar-refractivity contribution in [3.63, 3.8) is 0 Å². The molecule has 8 heteroatoms. The lowest BCUT2D eigenvalue weighted by molar-refractivity contribution is -0.117. The van der Waals surface area contributed by atoms with Crippen molar-refractivity contribution in [2.24, 2.45) is 0 Å². The van der Waals surface area contributed by atoms with Crippen LogP contribution < -0.4 is 5.32 Å². The highest BCUT2D eigenvalue weighted by atomic mass is 35.5. The number of amides is 1. The topological polar surface area (TPSA) is 61.9 Å². The number of halogens is 1. The van der Waals surface area contributed by atoms with Crippen LogP contribution in [0, 0.1) is 0 Å². The number of hydrogen-bond acceptors (Lipinski definition) is 6. The van der Waals surface area contributed by atoms with E-state index in [1.165, 1.54) is 16.9 Å². The maximum Gasteiger partial charge on any atom is 0.341 e. The van der Waals surface area contributed by atoms with Crippen LogP contribution in [0.4, 0.5) is 5.00 Å². The van der Waals surface area contributed by atoms with Gasteiger partial charge in [-0.2, -0.15) is 0 Å². The van der Waals surface area contributed by atoms with E-state index < -0.39 is 0 Å². The highest BCUT2D eigenvalue weighted by Gasteiger charge is 2.27. The van der Waals surface area contributed by atoms with Crippen molar-refractivity contribution in [1.82, 2.24) is 9.80 Å². The van der Waals surface area contributed by atoms with Crippen molar-refractivity contribution >= 4 is 39.8 Å². The number of fused-ring (bicyclic) bond motifs is 1. The molecule has 33 heavy (non-hydrogen) atoms. The number of piperazine rings is 1. The Morgan fingerprint density at radius 1 is 1.03 bits per heavy atom. The minimum atomic E-state index is -0.317. The van der Waals surface area contributed by atoms with E-state index in [0.717, 1.165) is 69.0 Å². The SMILES string of the molecule is CCOC(=O)c1c(NC(=O)CN2CCN(Cc3ccc(Cl)cc3)CC2)sc2c1CCCCC2. The minimum Gasteiger partial charge on any atom is -0.462 e. The van der Waals surface area contributed by atoms with Gasteiger partial charge in [0, 0.05) is 42.6 Å². The summed E-state index contributed by atoms with van der Waals surface area (Å²) in [4.78, 5) is 31.4. The molecule has 0 unspecified atom stereocenters. The number of hydrogen-bond donors (Lipinski definition) is 1. The van der Waals surface area contributed by atoms with Gasteiger partial charge >= 0.3 is 5.97 Å². The minimum absolute atomic E-state index is 0.0666. The number of benzene rings is 1. The lowest BCUT2D eigenvalue weighted by Gasteiger charge is -2.34. The number of nitrogens with zero attached hydrogens (tertiary/aromatic N) is 2. The van der Waals surface area contributed by atoms with Crippen LogP contribution in [0.25, 0.3) is 0 Å². The normalized spacial score (nSPS) is 17.3. The molecule has 0 radical (unpaired) electrons. The molecule has 0 atom stereocenters. The first-order valence-electron chi connectivity index (χ1n) is 11.8. The summed E-state index contributed by atoms with van der Waals surface area (Å²) in [5.74, 6) is -0.383. The van der Waals surface area contributed by atoms with Crippen molar-refractivity contribution < 1.29 is 14.3 Å². The molecule has 1 saturated heterocycles. The van der Waals surface area contributed by atoms with Crippen molar-refractivity contribution in [2.75, 3.05) is 44.6 Å². The van der Waals surface area contributed by atoms with Gasteiger partial charge in [0.2, 0.25) is 5.91 Å². The molecule has 1 aliphatic heterocycles. The molecule has 0 bridgehead atoms. The number of nitrogens with one attached hydrogen (secondary N) is 1. The zero-order chi connectivity index (χ0) is 23.2. The molecule has 0 saturated carbocycles. The Bertz CT molecular complexity index is 968. The van der Waals surface area contributed by atoms with Gasteiger partial charge in [0.1, 0.15) is 5.00 Å². The summed E-state index contributed by atoms with van der Waals surface area (Å²) in [5, 5.41) is 4.45. The van der Waals surface area contributed by atoms with Crippen LogP contribution >= 0.6 is 22.9 Å². The van der Waals surface area contributed by atoms with Gasteiger partial charge in [-0.25, -0.2) is 4.79 Å². The first-order chi connectivity index (χ1) is 16.0. The predicted octanol–water partition coefficient (Wildman–Crippen LogP) is 4.60. The fourth-order valence-electron chi connectivity index (χ4n) is 4.57. The lowest BCUT2D eigenvalue weighted by Crippen LogP contribution is -2.48. The first-order valence-corrected chi connectivity index (χ1v) is 13.0. The van der Waals surface area contributed by atoms with Crippen LogP contribution in [0.5, 0.6) is 0 Å². The van der Waals surface area contributed by atoms with E-state index >= 15 is 0 Å². The van der Waals surface area contributed by atoms with Gasteiger partial charge in [0.05, 0.1) is 18.7 Å². The van der Waals surface area contributed by atoms with E-state index in [0.29, 0.717) is 23.7 Å². The second-order valence-electron chi connectivity index (χ2n) is 8.72. The highest BCUT2D eigenvalue weighted by molar-refractivity contribution is 7.17. The number of carbonyl (C=O) groups is 2. The Hall–Kier alpha value is -1.93. The third-order valence-electron chi connectivity index (χ3n) is 6.31. The summed E-state index contributed by atoms with van der Waals surface area (Å²) in [6.07, 6.45) is 5.23. The average Bonchev–Trinajstić information content (AvgIpc) is 2.97. The average molecular weight is 490 g/mol. The summed E-state index contributed by atoms with van der Waals surface area (Å²) in [6.45, 7) is 6.87. The molecule has 1 aromatic heterocycles. The van der Waals surface area contributed by atoms with E-state index in [1.54, 1.807) is 11.3 Å². The first kappa shape index (κ1) is 24.2. The van der Waals surface area contributed by atoms with Crippen molar-refractivity contribution in [3.8, 4) is 0 Å². The summed E-state index contributed by atoms with van der Waals surface area (Å²) in [7, 11) is 0. The van der Waals surface area contributed by atoms with Crippen molar-refractivity contribution in [2.45, 2.75) is 45.6 Å². The van der Waals surface area contributed by atoms with Crippen LogP contribution in [-0.2, 0) is 28.9 Å². The standard InChI is InChI=1S/C25H32ClN3O3S/c1-2-32-25(31)23-20-6-4-3-5-7-21(20)33-24(23)27-22(30)17-29-14-12-28(13-15-29)16-18-8-10-19(26)11-9-18/h8-11H,2-7,12-17H2,1H3,(H,27,30). The van der Waals surface area contributed by atoms with Gasteiger partial charge in [-0.15, -0.1) is 11.3 Å². The van der Waals surface area contributed by atoms with Crippen molar-refractivity contribution in [3.05, 3.63) is 50.9 Å². The molecule has 1 fully saturated rings. The Morgan fingerprint density at radius 3 is 2.45 bits per heavy atom. The van der Waals surface area contributed by atoms with Crippen molar-refractivity contribution in [1.29, 1.82) is 0 Å². The Morgan fingerprint density at radius 2 is 1.73 bits per heavy atom. The Labute approximate surface area is 204 Å². The number of carbonyl (C=O) groups excluding carboxylic acids is 2. The summed E-state index contributed by atoms with van der Waals surface area (Å²) in [5.41, 5.74) is 2.91. The summed E-state index contributed by atoms with van der Waals surface area (Å²) in [6, 6.07) is 7.97. The zero-order valence-electron chi connectivity index (χ0n) is 19.2. The van der Waals surface area contributed by atoms with E-state index in [2.05, 4.69) is 27.2 Å². The number of ether oxygens (including phenoxy) is 1. The van der Waals surface area contributed by atoms with Gasteiger partial charge in [-0.05, 0) is 55.9 Å². The monoisotopic (exact) mass is 489 g/mol. The van der Waals surface area contributed by atoms with Crippen LogP contribution in [-0.4, -0.2) is 61.0 Å². The summed E-state index contributed by atoms with van der Waals surface area (Å²) < 4.78 is 5.33. The quantitative estimate of drug-likeness (QED) is 0.455. The van der Waals surface area contributed by atoms with Crippen LogP contribution in [0.1, 0.15) is 52.5 Å². The van der Waals surface area contributed by atoms with Crippen LogP contribution in [0.3, 0.4) is 0 Å². The fraction of sp³-hybridized carbons (Fsp3) is 0.520. The Balaban J connectivity index is 1.33. The van der Waals surface area contributed by atoms with E-state index in [9.17, 15) is 9.59 Å². The molecular weight excluding hydrogens is 458 g/mol. The number of rotatable bonds is 7. The molecule has 1 aromatic carbocycles. The van der Waals surface area contributed by atoms with Gasteiger partial charge in [-0.1, -0.05) is 30.2 Å². The molecule has 178 valence electrons. The molecule has 2 aromatic rings. The Kier molecular flexibility index (Phi) is 8.41.